The molecular weight excluding hydrogens is 252 g/mol. The number of fused-ring (bicyclic) bond motifs is 2. The first kappa shape index (κ1) is 13.3. The van der Waals surface area contributed by atoms with Crippen molar-refractivity contribution in [3.05, 3.63) is 35.4 Å². The molecule has 0 aromatic heterocycles. The summed E-state index contributed by atoms with van der Waals surface area (Å²) in [6.07, 6.45) is 2.59. The summed E-state index contributed by atoms with van der Waals surface area (Å²) in [6, 6.07) is 7.44. The summed E-state index contributed by atoms with van der Waals surface area (Å²) in [5, 5.41) is 22.4. The normalized spacial score (nSPS) is 18.4. The largest absolute Gasteiger partial charge is 0.507 e. The highest BCUT2D eigenvalue weighted by Crippen LogP contribution is 2.43. The number of ether oxygens (including phenoxy) is 1. The summed E-state index contributed by atoms with van der Waals surface area (Å²) >= 11 is 0. The van der Waals surface area contributed by atoms with Crippen molar-refractivity contribution in [1.82, 2.24) is 0 Å². The van der Waals surface area contributed by atoms with E-state index in [1.165, 1.54) is 0 Å². The Labute approximate surface area is 118 Å². The molecule has 1 atom stereocenters. The van der Waals surface area contributed by atoms with Crippen molar-refractivity contribution in [2.24, 2.45) is 0 Å². The van der Waals surface area contributed by atoms with Crippen LogP contribution in [0.1, 0.15) is 31.4 Å². The molecule has 2 aromatic carbocycles. The topological polar surface area (TPSA) is 49.7 Å². The summed E-state index contributed by atoms with van der Waals surface area (Å²) in [5.74, 6) is 0.613. The van der Waals surface area contributed by atoms with Crippen LogP contribution in [0.2, 0.25) is 0 Å². The van der Waals surface area contributed by atoms with Crippen molar-refractivity contribution in [3.8, 4) is 11.5 Å². The predicted octanol–water partition coefficient (Wildman–Crippen LogP) is 3.53. The summed E-state index contributed by atoms with van der Waals surface area (Å²) in [4.78, 5) is 0. The molecule has 0 aliphatic heterocycles. The van der Waals surface area contributed by atoms with Crippen LogP contribution >= 0.6 is 0 Å². The van der Waals surface area contributed by atoms with Crippen molar-refractivity contribution in [3.63, 3.8) is 0 Å². The van der Waals surface area contributed by atoms with E-state index in [2.05, 4.69) is 0 Å². The highest BCUT2D eigenvalue weighted by Gasteiger charge is 2.27. The van der Waals surface area contributed by atoms with E-state index in [0.29, 0.717) is 23.3 Å². The quantitative estimate of drug-likeness (QED) is 0.822. The minimum absolute atomic E-state index is 0.119. The predicted molar refractivity (Wildman–Crippen MR) is 79.3 cm³/mol. The van der Waals surface area contributed by atoms with E-state index in [1.54, 1.807) is 0 Å². The molecule has 0 radical (unpaired) electrons. The molecule has 1 aliphatic carbocycles. The number of hydrogen-bond donors (Lipinski definition) is 2. The Morgan fingerprint density at radius 3 is 2.25 bits per heavy atom. The van der Waals surface area contributed by atoms with Gasteiger partial charge in [0.15, 0.2) is 0 Å². The van der Waals surface area contributed by atoms with E-state index in [1.807, 2.05) is 38.1 Å². The van der Waals surface area contributed by atoms with Crippen LogP contribution < -0.4 is 0 Å². The van der Waals surface area contributed by atoms with Crippen LogP contribution in [0.25, 0.3) is 10.8 Å². The number of hydrogen-bond acceptors (Lipinski definition) is 3. The van der Waals surface area contributed by atoms with Gasteiger partial charge >= 0.3 is 0 Å². The zero-order valence-corrected chi connectivity index (χ0v) is 11.9. The lowest BCUT2D eigenvalue weighted by atomic mass is 9.85. The lowest BCUT2D eigenvalue weighted by Gasteiger charge is -2.28. The lowest BCUT2D eigenvalue weighted by molar-refractivity contribution is 0.000443. The van der Waals surface area contributed by atoms with E-state index in [-0.39, 0.29) is 12.2 Å². The Kier molecular flexibility index (Phi) is 3.30. The zero-order valence-electron chi connectivity index (χ0n) is 11.9. The third-order valence-electron chi connectivity index (χ3n) is 3.99. The Bertz CT molecular complexity index is 646. The fourth-order valence-electron chi connectivity index (χ4n) is 3.13. The van der Waals surface area contributed by atoms with Crippen LogP contribution in [0, 0.1) is 0 Å². The van der Waals surface area contributed by atoms with Crippen LogP contribution in [-0.4, -0.2) is 22.4 Å². The van der Waals surface area contributed by atoms with Crippen LogP contribution in [0.4, 0.5) is 0 Å². The molecule has 106 valence electrons. The third kappa shape index (κ3) is 2.12. The molecule has 2 aromatic rings. The van der Waals surface area contributed by atoms with Crippen LogP contribution in [0.3, 0.4) is 0 Å². The molecule has 0 saturated carbocycles. The number of rotatable bonds is 2. The second kappa shape index (κ2) is 4.98. The van der Waals surface area contributed by atoms with Crippen molar-refractivity contribution in [2.75, 3.05) is 0 Å². The van der Waals surface area contributed by atoms with Gasteiger partial charge in [-0.1, -0.05) is 24.3 Å². The molecule has 1 unspecified atom stereocenters. The van der Waals surface area contributed by atoms with Gasteiger partial charge in [-0.15, -0.1) is 0 Å². The summed E-state index contributed by atoms with van der Waals surface area (Å²) in [5.41, 5.74) is 1.72. The summed E-state index contributed by atoms with van der Waals surface area (Å²) in [7, 11) is 0. The molecule has 3 heteroatoms. The van der Waals surface area contributed by atoms with Gasteiger partial charge in [-0.3, -0.25) is 0 Å². The number of benzene rings is 2. The Morgan fingerprint density at radius 1 is 1.05 bits per heavy atom. The standard InChI is InChI=1S/C17H20O3/c1-10(2)20-11-7-8-14-15(9-11)17(19)13-6-4-3-5-12(13)16(14)18/h3-6,10-11,18-19H,7-9H2,1-2H3. The number of phenols is 2. The van der Waals surface area contributed by atoms with Crippen LogP contribution in [-0.2, 0) is 17.6 Å². The first-order chi connectivity index (χ1) is 9.58. The van der Waals surface area contributed by atoms with Gasteiger partial charge in [-0.2, -0.15) is 0 Å². The maximum absolute atomic E-state index is 10.5. The van der Waals surface area contributed by atoms with Gasteiger partial charge in [-0.25, -0.2) is 0 Å². The van der Waals surface area contributed by atoms with Gasteiger partial charge in [-0.05, 0) is 26.7 Å². The Balaban J connectivity index is 2.10. The summed E-state index contributed by atoms with van der Waals surface area (Å²) < 4.78 is 5.86. The lowest BCUT2D eigenvalue weighted by Crippen LogP contribution is -2.25. The minimum Gasteiger partial charge on any atom is -0.507 e. The van der Waals surface area contributed by atoms with Crippen LogP contribution in [0.15, 0.2) is 24.3 Å². The fraction of sp³-hybridized carbons (Fsp3) is 0.412. The first-order valence-electron chi connectivity index (χ1n) is 7.17. The number of aromatic hydroxyl groups is 2. The Hall–Kier alpha value is -1.74. The third-order valence-corrected chi connectivity index (χ3v) is 3.99. The molecule has 1 aliphatic rings. The molecule has 20 heavy (non-hydrogen) atoms. The Morgan fingerprint density at radius 2 is 1.65 bits per heavy atom. The van der Waals surface area contributed by atoms with Gasteiger partial charge in [0.25, 0.3) is 0 Å². The van der Waals surface area contributed by atoms with E-state index < -0.39 is 0 Å². The van der Waals surface area contributed by atoms with E-state index in [0.717, 1.165) is 29.4 Å². The molecule has 3 nitrogen and oxygen atoms in total. The van der Waals surface area contributed by atoms with E-state index >= 15 is 0 Å². The van der Waals surface area contributed by atoms with E-state index in [4.69, 9.17) is 4.74 Å². The first-order valence-corrected chi connectivity index (χ1v) is 7.17. The number of phenolic OH excluding ortho intramolecular Hbond substituents is 2. The molecule has 2 N–H and O–H groups in total. The van der Waals surface area contributed by atoms with E-state index in [9.17, 15) is 10.2 Å². The molecule has 0 heterocycles. The van der Waals surface area contributed by atoms with Crippen LogP contribution in [0.5, 0.6) is 11.5 Å². The zero-order chi connectivity index (χ0) is 14.3. The van der Waals surface area contributed by atoms with Gasteiger partial charge < -0.3 is 14.9 Å². The molecule has 0 saturated heterocycles. The maximum atomic E-state index is 10.5. The highest BCUT2D eigenvalue weighted by atomic mass is 16.5. The van der Waals surface area contributed by atoms with Gasteiger partial charge in [0.1, 0.15) is 11.5 Å². The monoisotopic (exact) mass is 272 g/mol. The molecule has 0 bridgehead atoms. The SMILES string of the molecule is CC(C)OC1CCc2c(c(O)c3ccccc3c2O)C1. The maximum Gasteiger partial charge on any atom is 0.127 e. The fourth-order valence-corrected chi connectivity index (χ4v) is 3.13. The average Bonchev–Trinajstić information content (AvgIpc) is 2.44. The average molecular weight is 272 g/mol. The van der Waals surface area contributed by atoms with Gasteiger partial charge in [0, 0.05) is 28.3 Å². The molecule has 0 spiro atoms. The van der Waals surface area contributed by atoms with Gasteiger partial charge in [0.2, 0.25) is 0 Å². The smallest absolute Gasteiger partial charge is 0.127 e. The molecular formula is C17H20O3. The van der Waals surface area contributed by atoms with Crippen molar-refractivity contribution in [1.29, 1.82) is 0 Å². The highest BCUT2D eigenvalue weighted by molar-refractivity contribution is 5.95. The van der Waals surface area contributed by atoms with Gasteiger partial charge in [0.05, 0.1) is 12.2 Å². The minimum atomic E-state index is 0.119. The summed E-state index contributed by atoms with van der Waals surface area (Å²) in [6.45, 7) is 4.04. The molecule has 0 fully saturated rings. The second-order valence-corrected chi connectivity index (χ2v) is 5.75. The van der Waals surface area contributed by atoms with Crippen molar-refractivity contribution >= 4 is 10.8 Å². The van der Waals surface area contributed by atoms with Crippen molar-refractivity contribution < 1.29 is 14.9 Å². The molecule has 0 amide bonds. The van der Waals surface area contributed by atoms with Crippen molar-refractivity contribution in [2.45, 2.75) is 45.3 Å². The molecule has 3 rings (SSSR count). The second-order valence-electron chi connectivity index (χ2n) is 5.75.